The van der Waals surface area contributed by atoms with E-state index in [1.165, 1.54) is 25.0 Å². The maximum atomic E-state index is 12.7. The Labute approximate surface area is 156 Å². The van der Waals surface area contributed by atoms with Crippen molar-refractivity contribution in [1.82, 2.24) is 9.97 Å². The van der Waals surface area contributed by atoms with Crippen LogP contribution in [0.15, 0.2) is 36.4 Å². The van der Waals surface area contributed by atoms with Crippen LogP contribution >= 0.6 is 11.6 Å². The molecular formula is C21H18ClN3O. The maximum Gasteiger partial charge on any atom is 0.255 e. The summed E-state index contributed by atoms with van der Waals surface area (Å²) in [6.45, 7) is 1.89. The first-order valence-corrected chi connectivity index (χ1v) is 9.36. The van der Waals surface area contributed by atoms with Gasteiger partial charge >= 0.3 is 0 Å². The van der Waals surface area contributed by atoms with Gasteiger partial charge < -0.3 is 5.32 Å². The van der Waals surface area contributed by atoms with Gasteiger partial charge in [-0.3, -0.25) is 4.79 Å². The van der Waals surface area contributed by atoms with Gasteiger partial charge in [-0.1, -0.05) is 17.7 Å². The summed E-state index contributed by atoms with van der Waals surface area (Å²) in [6.07, 6.45) is 3.64. The van der Waals surface area contributed by atoms with Crippen molar-refractivity contribution >= 4 is 34.2 Å². The van der Waals surface area contributed by atoms with Crippen LogP contribution in [0.25, 0.3) is 11.0 Å². The number of anilines is 1. The molecule has 130 valence electrons. The molecule has 2 atom stereocenters. The van der Waals surface area contributed by atoms with E-state index in [4.69, 9.17) is 21.6 Å². The van der Waals surface area contributed by atoms with E-state index in [0.717, 1.165) is 28.0 Å². The van der Waals surface area contributed by atoms with Crippen LogP contribution in [0.4, 0.5) is 5.69 Å². The minimum Gasteiger partial charge on any atom is -0.322 e. The van der Waals surface area contributed by atoms with Crippen LogP contribution in [0.3, 0.4) is 0 Å². The van der Waals surface area contributed by atoms with E-state index in [1.54, 1.807) is 0 Å². The highest BCUT2D eigenvalue weighted by Gasteiger charge is 2.39. The van der Waals surface area contributed by atoms with Crippen LogP contribution in [0.2, 0.25) is 5.02 Å². The number of nitrogens with zero attached hydrogens (tertiary/aromatic N) is 2. The molecule has 1 fully saturated rings. The Morgan fingerprint density at radius 3 is 2.58 bits per heavy atom. The second-order valence-electron chi connectivity index (χ2n) is 7.27. The number of benzene rings is 2. The third-order valence-corrected chi connectivity index (χ3v) is 6.11. The highest BCUT2D eigenvalue weighted by molar-refractivity contribution is 6.31. The van der Waals surface area contributed by atoms with Crippen LogP contribution < -0.4 is 5.32 Å². The maximum absolute atomic E-state index is 12.7. The summed E-state index contributed by atoms with van der Waals surface area (Å²) in [5, 5.41) is 3.58. The molecular weight excluding hydrogens is 346 g/mol. The van der Waals surface area contributed by atoms with Gasteiger partial charge in [-0.2, -0.15) is 0 Å². The molecule has 2 aromatic carbocycles. The predicted octanol–water partition coefficient (Wildman–Crippen LogP) is 5.21. The zero-order valence-corrected chi connectivity index (χ0v) is 15.2. The van der Waals surface area contributed by atoms with E-state index in [0.29, 0.717) is 22.4 Å². The normalized spacial score (nSPS) is 20.4. The third kappa shape index (κ3) is 2.40. The average molecular weight is 364 g/mol. The molecule has 1 aromatic heterocycles. The Morgan fingerprint density at radius 1 is 1.08 bits per heavy atom. The van der Waals surface area contributed by atoms with Crippen molar-refractivity contribution in [2.75, 3.05) is 5.32 Å². The highest BCUT2D eigenvalue weighted by Crippen LogP contribution is 2.51. The van der Waals surface area contributed by atoms with E-state index < -0.39 is 0 Å². The first-order chi connectivity index (χ1) is 12.6. The van der Waals surface area contributed by atoms with Gasteiger partial charge in [0, 0.05) is 28.1 Å². The van der Waals surface area contributed by atoms with E-state index in [1.807, 2.05) is 43.3 Å². The second-order valence-corrected chi connectivity index (χ2v) is 7.68. The van der Waals surface area contributed by atoms with Crippen molar-refractivity contribution in [2.45, 2.75) is 38.0 Å². The summed E-state index contributed by atoms with van der Waals surface area (Å²) in [4.78, 5) is 22.4. The van der Waals surface area contributed by atoms with Gasteiger partial charge in [0.1, 0.15) is 0 Å². The van der Waals surface area contributed by atoms with Crippen LogP contribution in [0.1, 0.15) is 58.4 Å². The number of nitrogens with one attached hydrogen (secondary N) is 1. The molecule has 0 aliphatic heterocycles. The van der Waals surface area contributed by atoms with Crippen molar-refractivity contribution in [3.63, 3.8) is 0 Å². The average Bonchev–Trinajstić information content (AvgIpc) is 3.25. The lowest BCUT2D eigenvalue weighted by molar-refractivity contribution is 0.102. The first-order valence-electron chi connectivity index (χ1n) is 8.98. The zero-order chi connectivity index (χ0) is 17.8. The van der Waals surface area contributed by atoms with E-state index in [9.17, 15) is 4.79 Å². The van der Waals surface area contributed by atoms with Crippen molar-refractivity contribution < 1.29 is 4.79 Å². The van der Waals surface area contributed by atoms with Crippen LogP contribution in [-0.4, -0.2) is 15.9 Å². The summed E-state index contributed by atoms with van der Waals surface area (Å²) < 4.78 is 0. The number of carbonyl (C=O) groups is 1. The van der Waals surface area contributed by atoms with Crippen molar-refractivity contribution in [1.29, 1.82) is 0 Å². The summed E-state index contributed by atoms with van der Waals surface area (Å²) >= 11 is 6.14. The largest absolute Gasteiger partial charge is 0.322 e. The molecule has 5 rings (SSSR count). The molecule has 0 spiro atoms. The number of aromatic nitrogens is 2. The number of rotatable bonds is 2. The van der Waals surface area contributed by atoms with Gasteiger partial charge in [0.15, 0.2) is 0 Å². The monoisotopic (exact) mass is 363 g/mol. The fourth-order valence-electron chi connectivity index (χ4n) is 4.24. The highest BCUT2D eigenvalue weighted by atomic mass is 35.5. The van der Waals surface area contributed by atoms with Gasteiger partial charge in [0.25, 0.3) is 5.91 Å². The van der Waals surface area contributed by atoms with Crippen molar-refractivity contribution in [3.05, 3.63) is 63.9 Å². The number of halogens is 1. The molecule has 2 aliphatic carbocycles. The fraction of sp³-hybridized carbons (Fsp3) is 0.286. The van der Waals surface area contributed by atoms with Crippen LogP contribution in [0, 0.1) is 6.92 Å². The molecule has 0 saturated heterocycles. The molecule has 1 amide bonds. The molecule has 1 N–H and O–H groups in total. The number of carbonyl (C=O) groups excluding carboxylic acids is 1. The Balaban J connectivity index is 1.49. The Morgan fingerprint density at radius 2 is 1.81 bits per heavy atom. The molecule has 3 aromatic rings. The number of fused-ring (bicyclic) bond motifs is 6. The Bertz CT molecular complexity index is 1060. The summed E-state index contributed by atoms with van der Waals surface area (Å²) in [6, 6.07) is 11.0. The molecule has 4 nitrogen and oxygen atoms in total. The van der Waals surface area contributed by atoms with Crippen LogP contribution in [-0.2, 0) is 0 Å². The summed E-state index contributed by atoms with van der Waals surface area (Å²) in [7, 11) is 0. The number of hydrogen-bond donors (Lipinski definition) is 1. The molecule has 2 aliphatic rings. The molecule has 1 heterocycles. The minimum atomic E-state index is -0.166. The standard InChI is InChI=1S/C21H18ClN3O/c1-11-15(22)3-2-4-16(11)25-21(26)14-7-8-17-18(10-14)24-20-13-6-5-12(9-13)19(20)23-17/h2-4,7-8,10,12-13H,5-6,9H2,1H3,(H,25,26). The van der Waals surface area contributed by atoms with Crippen molar-refractivity contribution in [2.24, 2.45) is 0 Å². The smallest absolute Gasteiger partial charge is 0.255 e. The third-order valence-electron chi connectivity index (χ3n) is 5.70. The lowest BCUT2D eigenvalue weighted by Gasteiger charge is -2.14. The van der Waals surface area contributed by atoms with E-state index >= 15 is 0 Å². The topological polar surface area (TPSA) is 54.9 Å². The van der Waals surface area contributed by atoms with E-state index in [-0.39, 0.29) is 5.91 Å². The summed E-state index contributed by atoms with van der Waals surface area (Å²) in [5.41, 5.74) is 6.15. The first kappa shape index (κ1) is 15.8. The fourth-order valence-corrected chi connectivity index (χ4v) is 4.41. The van der Waals surface area contributed by atoms with Gasteiger partial charge in [0.05, 0.1) is 22.4 Å². The van der Waals surface area contributed by atoms with E-state index in [2.05, 4.69) is 5.32 Å². The Kier molecular flexibility index (Phi) is 3.50. The second kappa shape index (κ2) is 5.78. The Hall–Kier alpha value is -2.46. The number of hydrogen-bond acceptors (Lipinski definition) is 3. The lowest BCUT2D eigenvalue weighted by Crippen LogP contribution is -2.13. The molecule has 26 heavy (non-hydrogen) atoms. The summed E-state index contributed by atoms with van der Waals surface area (Å²) in [5.74, 6) is 0.972. The predicted molar refractivity (Wildman–Crippen MR) is 103 cm³/mol. The zero-order valence-electron chi connectivity index (χ0n) is 14.4. The quantitative estimate of drug-likeness (QED) is 0.680. The molecule has 2 unspecified atom stereocenters. The molecule has 0 radical (unpaired) electrons. The molecule has 1 saturated carbocycles. The lowest BCUT2D eigenvalue weighted by atomic mass is 10.00. The molecule has 2 bridgehead atoms. The minimum absolute atomic E-state index is 0.166. The van der Waals surface area contributed by atoms with Gasteiger partial charge in [-0.25, -0.2) is 9.97 Å². The van der Waals surface area contributed by atoms with Gasteiger partial charge in [-0.05, 0) is 62.1 Å². The van der Waals surface area contributed by atoms with Gasteiger partial charge in [-0.15, -0.1) is 0 Å². The number of amides is 1. The van der Waals surface area contributed by atoms with Crippen LogP contribution in [0.5, 0.6) is 0 Å². The SMILES string of the molecule is Cc1c(Cl)cccc1NC(=O)c1ccc2nc3c(nc2c1)C1CCC3C1. The van der Waals surface area contributed by atoms with Crippen molar-refractivity contribution in [3.8, 4) is 0 Å². The van der Waals surface area contributed by atoms with Gasteiger partial charge in [0.2, 0.25) is 0 Å². The molecule has 5 heteroatoms.